The minimum absolute atomic E-state index is 0.348. The highest BCUT2D eigenvalue weighted by molar-refractivity contribution is 5.93. The summed E-state index contributed by atoms with van der Waals surface area (Å²) in [7, 11) is 0. The lowest BCUT2D eigenvalue weighted by molar-refractivity contribution is -0.114. The van der Waals surface area contributed by atoms with Gasteiger partial charge in [-0.2, -0.15) is 0 Å². The number of allylic oxidation sites excluding steroid dienone is 4. The quantitative estimate of drug-likeness (QED) is 0.599. The maximum absolute atomic E-state index is 11.7. The molecule has 0 amide bonds. The first-order chi connectivity index (χ1) is 10.3. The van der Waals surface area contributed by atoms with E-state index in [9.17, 15) is 4.79 Å². The van der Waals surface area contributed by atoms with Crippen molar-refractivity contribution in [2.24, 2.45) is 23.7 Å². The van der Waals surface area contributed by atoms with Gasteiger partial charge in [-0.05, 0) is 86.8 Å². The average molecular weight is 280 g/mol. The van der Waals surface area contributed by atoms with Crippen molar-refractivity contribution in [2.75, 3.05) is 0 Å². The minimum Gasteiger partial charge on any atom is -0.295 e. The molecule has 0 N–H and O–H groups in total. The SMILES string of the molecule is CC#CC1C[C@H]2CCC3=C4CCC(=O)C=C4CC[C@H]3[C@@H]2C1. The minimum atomic E-state index is 0.348. The number of rotatable bonds is 0. The fraction of sp³-hybridized carbons (Fsp3) is 0.650. The molecule has 0 heterocycles. The molecule has 0 spiro atoms. The van der Waals surface area contributed by atoms with Crippen LogP contribution in [-0.2, 0) is 4.79 Å². The first kappa shape index (κ1) is 13.4. The molecule has 0 radical (unpaired) electrons. The first-order valence-corrected chi connectivity index (χ1v) is 8.64. The Hall–Kier alpha value is -1.29. The summed E-state index contributed by atoms with van der Waals surface area (Å²) < 4.78 is 0. The van der Waals surface area contributed by atoms with Crippen LogP contribution in [-0.4, -0.2) is 5.78 Å². The van der Waals surface area contributed by atoms with Gasteiger partial charge in [-0.15, -0.1) is 11.8 Å². The van der Waals surface area contributed by atoms with Gasteiger partial charge in [0.1, 0.15) is 0 Å². The molecule has 4 aliphatic rings. The first-order valence-electron chi connectivity index (χ1n) is 8.64. The van der Waals surface area contributed by atoms with Crippen LogP contribution in [0.5, 0.6) is 0 Å². The van der Waals surface area contributed by atoms with E-state index in [4.69, 9.17) is 0 Å². The van der Waals surface area contributed by atoms with Gasteiger partial charge in [0.05, 0.1) is 0 Å². The molecule has 2 saturated carbocycles. The molecule has 110 valence electrons. The van der Waals surface area contributed by atoms with Crippen LogP contribution in [0.3, 0.4) is 0 Å². The molecule has 0 aromatic rings. The number of carbonyl (C=O) groups is 1. The largest absolute Gasteiger partial charge is 0.295 e. The van der Waals surface area contributed by atoms with Gasteiger partial charge in [0.2, 0.25) is 0 Å². The molecule has 21 heavy (non-hydrogen) atoms. The lowest BCUT2D eigenvalue weighted by atomic mass is 9.63. The molecule has 4 atom stereocenters. The standard InChI is InChI=1S/C20H24O/c1-2-3-13-10-14-4-7-18-17-9-6-16(21)12-15(17)5-8-19(18)20(14)11-13/h12-14,19-20H,4-11H2,1H3/t13?,14-,19-,20-/m1/s1. The van der Waals surface area contributed by atoms with Crippen molar-refractivity contribution >= 4 is 5.78 Å². The number of carbonyl (C=O) groups excluding carboxylic acids is 1. The van der Waals surface area contributed by atoms with E-state index in [2.05, 4.69) is 11.8 Å². The second-order valence-electron chi connectivity index (χ2n) is 7.31. The Kier molecular flexibility index (Phi) is 3.29. The summed E-state index contributed by atoms with van der Waals surface area (Å²) in [4.78, 5) is 11.7. The van der Waals surface area contributed by atoms with Crippen LogP contribution in [0.2, 0.25) is 0 Å². The van der Waals surface area contributed by atoms with E-state index in [1.54, 1.807) is 11.1 Å². The van der Waals surface area contributed by atoms with Crippen molar-refractivity contribution in [1.29, 1.82) is 0 Å². The van der Waals surface area contributed by atoms with Gasteiger partial charge >= 0.3 is 0 Å². The Labute approximate surface area is 127 Å². The van der Waals surface area contributed by atoms with Gasteiger partial charge in [-0.25, -0.2) is 0 Å². The van der Waals surface area contributed by atoms with E-state index in [1.807, 2.05) is 13.0 Å². The average Bonchev–Trinajstić information content (AvgIpc) is 2.89. The molecule has 0 aliphatic heterocycles. The van der Waals surface area contributed by atoms with Gasteiger partial charge in [0.15, 0.2) is 5.78 Å². The summed E-state index contributed by atoms with van der Waals surface area (Å²) in [5.41, 5.74) is 4.72. The molecule has 1 nitrogen and oxygen atoms in total. The van der Waals surface area contributed by atoms with E-state index < -0.39 is 0 Å². The third kappa shape index (κ3) is 2.20. The highest BCUT2D eigenvalue weighted by Crippen LogP contribution is 2.55. The Morgan fingerprint density at radius 2 is 2.00 bits per heavy atom. The monoisotopic (exact) mass is 280 g/mol. The van der Waals surface area contributed by atoms with Gasteiger partial charge in [0.25, 0.3) is 0 Å². The Balaban J connectivity index is 1.65. The van der Waals surface area contributed by atoms with Crippen molar-refractivity contribution in [2.45, 2.75) is 58.3 Å². The van der Waals surface area contributed by atoms with Gasteiger partial charge in [-0.3, -0.25) is 4.79 Å². The van der Waals surface area contributed by atoms with Crippen molar-refractivity contribution in [3.8, 4) is 11.8 Å². The zero-order valence-corrected chi connectivity index (χ0v) is 13.0. The third-order valence-electron chi connectivity index (χ3n) is 6.30. The van der Waals surface area contributed by atoms with E-state index in [0.29, 0.717) is 11.7 Å². The predicted octanol–water partition coefficient (Wildman–Crippen LogP) is 4.44. The molecule has 2 fully saturated rings. The summed E-state index contributed by atoms with van der Waals surface area (Å²) in [5.74, 6) is 10.2. The fourth-order valence-electron chi connectivity index (χ4n) is 5.52. The van der Waals surface area contributed by atoms with Crippen molar-refractivity contribution in [3.63, 3.8) is 0 Å². The van der Waals surface area contributed by atoms with Crippen LogP contribution >= 0.6 is 0 Å². The second kappa shape index (κ2) is 5.16. The molecule has 1 heteroatoms. The highest BCUT2D eigenvalue weighted by Gasteiger charge is 2.44. The normalized spacial score (nSPS) is 38.0. The lowest BCUT2D eigenvalue weighted by Crippen LogP contribution is -2.30. The van der Waals surface area contributed by atoms with E-state index in [-0.39, 0.29) is 0 Å². The summed E-state index contributed by atoms with van der Waals surface area (Å²) >= 11 is 0. The zero-order valence-electron chi connectivity index (χ0n) is 13.0. The van der Waals surface area contributed by atoms with Crippen molar-refractivity contribution in [1.82, 2.24) is 0 Å². The number of ketones is 1. The van der Waals surface area contributed by atoms with Crippen LogP contribution in [0.4, 0.5) is 0 Å². The molecule has 4 rings (SSSR count). The molecular formula is C20H24O. The van der Waals surface area contributed by atoms with Crippen LogP contribution < -0.4 is 0 Å². The summed E-state index contributed by atoms with van der Waals surface area (Å²) in [5, 5.41) is 0. The van der Waals surface area contributed by atoms with Gasteiger partial charge in [0, 0.05) is 12.3 Å². The van der Waals surface area contributed by atoms with E-state index in [1.165, 1.54) is 37.7 Å². The van der Waals surface area contributed by atoms with Crippen molar-refractivity contribution < 1.29 is 4.79 Å². The number of fused-ring (bicyclic) bond motifs is 4. The summed E-state index contributed by atoms with van der Waals surface area (Å²) in [6, 6.07) is 0. The molecule has 0 saturated heterocycles. The highest BCUT2D eigenvalue weighted by atomic mass is 16.1. The topological polar surface area (TPSA) is 17.1 Å². The Morgan fingerprint density at radius 1 is 1.10 bits per heavy atom. The van der Waals surface area contributed by atoms with Crippen LogP contribution in [0.15, 0.2) is 22.8 Å². The maximum Gasteiger partial charge on any atom is 0.156 e. The fourth-order valence-corrected chi connectivity index (χ4v) is 5.52. The maximum atomic E-state index is 11.7. The third-order valence-corrected chi connectivity index (χ3v) is 6.30. The molecule has 0 aromatic heterocycles. The Bertz CT molecular complexity index is 595. The summed E-state index contributed by atoms with van der Waals surface area (Å²) in [6.45, 7) is 1.98. The number of hydrogen-bond donors (Lipinski definition) is 0. The van der Waals surface area contributed by atoms with Crippen LogP contribution in [0.25, 0.3) is 0 Å². The smallest absolute Gasteiger partial charge is 0.156 e. The van der Waals surface area contributed by atoms with E-state index >= 15 is 0 Å². The molecule has 4 aliphatic carbocycles. The van der Waals surface area contributed by atoms with E-state index in [0.717, 1.165) is 37.0 Å². The molecule has 1 unspecified atom stereocenters. The molecule has 0 aromatic carbocycles. The number of hydrogen-bond acceptors (Lipinski definition) is 1. The van der Waals surface area contributed by atoms with Gasteiger partial charge < -0.3 is 0 Å². The summed E-state index contributed by atoms with van der Waals surface area (Å²) in [6.07, 6.45) is 11.5. The zero-order chi connectivity index (χ0) is 14.4. The van der Waals surface area contributed by atoms with Crippen LogP contribution in [0.1, 0.15) is 58.3 Å². The predicted molar refractivity (Wildman–Crippen MR) is 84.5 cm³/mol. The molecular weight excluding hydrogens is 256 g/mol. The molecule has 0 bridgehead atoms. The lowest BCUT2D eigenvalue weighted by Gasteiger charge is -2.42. The van der Waals surface area contributed by atoms with Gasteiger partial charge in [-0.1, -0.05) is 5.57 Å². The second-order valence-corrected chi connectivity index (χ2v) is 7.31. The Morgan fingerprint density at radius 3 is 2.86 bits per heavy atom. The van der Waals surface area contributed by atoms with Crippen LogP contribution in [0, 0.1) is 35.5 Å². The van der Waals surface area contributed by atoms with Crippen molar-refractivity contribution in [3.05, 3.63) is 22.8 Å².